The molecule has 22 heavy (non-hydrogen) atoms. The number of rotatable bonds is 4. The van der Waals surface area contributed by atoms with Crippen molar-refractivity contribution in [3.8, 4) is 0 Å². The van der Waals surface area contributed by atoms with Crippen molar-refractivity contribution in [2.75, 3.05) is 12.0 Å². The number of para-hydroxylation sites is 1. The third-order valence-corrected chi connectivity index (χ3v) is 3.41. The summed E-state index contributed by atoms with van der Waals surface area (Å²) >= 11 is 1.30. The van der Waals surface area contributed by atoms with Crippen molar-refractivity contribution in [1.29, 1.82) is 0 Å². The summed E-state index contributed by atoms with van der Waals surface area (Å²) in [5.41, 5.74) is 3.43. The average molecular weight is 318 g/mol. The first kappa shape index (κ1) is 15.6. The smallest absolute Gasteiger partial charge is 0.427 e. The molecule has 2 rings (SSSR count). The Balaban J connectivity index is 2.18. The van der Waals surface area contributed by atoms with E-state index in [9.17, 15) is 9.59 Å². The fourth-order valence-electron chi connectivity index (χ4n) is 1.64. The molecule has 0 bridgehead atoms. The first-order valence-electron chi connectivity index (χ1n) is 6.30. The normalized spacial score (nSPS) is 10.5. The highest BCUT2D eigenvalue weighted by Crippen LogP contribution is 2.28. The highest BCUT2D eigenvalue weighted by Gasteiger charge is 2.17. The number of thiazole rings is 1. The maximum atomic E-state index is 11.9. The molecule has 8 heteroatoms. The second kappa shape index (κ2) is 7.32. The first-order chi connectivity index (χ1) is 10.6. The van der Waals surface area contributed by atoms with Gasteiger partial charge in [-0.05, 0) is 12.1 Å². The predicted octanol–water partition coefficient (Wildman–Crippen LogP) is 2.52. The van der Waals surface area contributed by atoms with E-state index in [0.717, 1.165) is 5.69 Å². The lowest BCUT2D eigenvalue weighted by molar-refractivity contribution is -0.115. The fraction of sp³-hybridized carbons (Fsp3) is 0.143. The lowest BCUT2D eigenvalue weighted by Crippen LogP contribution is -2.22. The van der Waals surface area contributed by atoms with Crippen LogP contribution in [0.25, 0.3) is 0 Å². The van der Waals surface area contributed by atoms with Gasteiger partial charge in [0.25, 0.3) is 0 Å². The van der Waals surface area contributed by atoms with Gasteiger partial charge in [0.1, 0.15) is 0 Å². The van der Waals surface area contributed by atoms with Crippen LogP contribution in [-0.4, -0.2) is 30.3 Å². The van der Waals surface area contributed by atoms with Gasteiger partial charge in [-0.25, -0.2) is 15.2 Å². The monoisotopic (exact) mass is 318 g/mol. The molecule has 7 nitrogen and oxygen atoms in total. The zero-order chi connectivity index (χ0) is 15.9. The van der Waals surface area contributed by atoms with E-state index in [2.05, 4.69) is 20.2 Å². The molecular weight excluding hydrogens is 304 g/mol. The Morgan fingerprint density at radius 2 is 2.09 bits per heavy atom. The lowest BCUT2D eigenvalue weighted by Gasteiger charge is -2.17. The molecule has 2 aromatic rings. The number of ether oxygens (including phenoxy) is 1. The number of nitrogens with one attached hydrogen (secondary N) is 1. The molecular formula is C14H14N4O3S. The van der Waals surface area contributed by atoms with E-state index in [1.165, 1.54) is 36.5 Å². The van der Waals surface area contributed by atoms with Crippen LogP contribution in [0.1, 0.15) is 12.6 Å². The van der Waals surface area contributed by atoms with Gasteiger partial charge in [0, 0.05) is 12.3 Å². The molecule has 0 saturated carbocycles. The number of methoxy groups -OCH3 is 1. The maximum Gasteiger partial charge on any atom is 0.427 e. The number of benzene rings is 1. The highest BCUT2D eigenvalue weighted by molar-refractivity contribution is 7.14. The zero-order valence-corrected chi connectivity index (χ0v) is 12.8. The highest BCUT2D eigenvalue weighted by atomic mass is 32.1. The van der Waals surface area contributed by atoms with Crippen LogP contribution >= 0.6 is 11.3 Å². The molecule has 0 aliphatic rings. The van der Waals surface area contributed by atoms with E-state index in [4.69, 9.17) is 0 Å². The summed E-state index contributed by atoms with van der Waals surface area (Å²) in [6.45, 7) is 1.47. The summed E-state index contributed by atoms with van der Waals surface area (Å²) in [6, 6.07) is 9.23. The summed E-state index contributed by atoms with van der Waals surface area (Å²) in [7, 11) is 1.25. The number of anilines is 2. The SMILES string of the molecule is COC(=O)N/N=C\c1csc(N(C(C)=O)c2ccccc2)n1. The van der Waals surface area contributed by atoms with Crippen molar-refractivity contribution < 1.29 is 14.3 Å². The predicted molar refractivity (Wildman–Crippen MR) is 84.5 cm³/mol. The van der Waals surface area contributed by atoms with Crippen LogP contribution in [0.15, 0.2) is 40.8 Å². The van der Waals surface area contributed by atoms with Crippen LogP contribution in [0.5, 0.6) is 0 Å². The van der Waals surface area contributed by atoms with Crippen molar-refractivity contribution in [1.82, 2.24) is 10.4 Å². The maximum absolute atomic E-state index is 11.9. The Kier molecular flexibility index (Phi) is 5.21. The Morgan fingerprint density at radius 3 is 2.73 bits per heavy atom. The van der Waals surface area contributed by atoms with Crippen molar-refractivity contribution >= 4 is 40.4 Å². The summed E-state index contributed by atoms with van der Waals surface area (Å²) < 4.78 is 4.39. The Labute approximate surface area is 131 Å². The number of aromatic nitrogens is 1. The van der Waals surface area contributed by atoms with Crippen LogP contribution in [0, 0.1) is 0 Å². The fourth-order valence-corrected chi connectivity index (χ4v) is 2.48. The van der Waals surface area contributed by atoms with Gasteiger partial charge >= 0.3 is 6.09 Å². The van der Waals surface area contributed by atoms with Crippen LogP contribution in [0.4, 0.5) is 15.6 Å². The van der Waals surface area contributed by atoms with Gasteiger partial charge in [-0.2, -0.15) is 5.10 Å². The Morgan fingerprint density at radius 1 is 1.36 bits per heavy atom. The van der Waals surface area contributed by atoms with Gasteiger partial charge in [-0.15, -0.1) is 11.3 Å². The minimum Gasteiger partial charge on any atom is -0.452 e. The van der Waals surface area contributed by atoms with E-state index in [-0.39, 0.29) is 5.91 Å². The van der Waals surface area contributed by atoms with Crippen LogP contribution in [0.2, 0.25) is 0 Å². The topological polar surface area (TPSA) is 83.9 Å². The van der Waals surface area contributed by atoms with Gasteiger partial charge in [0.2, 0.25) is 5.91 Å². The number of hydrogen-bond donors (Lipinski definition) is 1. The van der Waals surface area contributed by atoms with E-state index in [0.29, 0.717) is 10.8 Å². The number of nitrogens with zero attached hydrogens (tertiary/aromatic N) is 3. The number of carbonyl (C=O) groups is 2. The second-order valence-electron chi connectivity index (χ2n) is 4.11. The van der Waals surface area contributed by atoms with Crippen LogP contribution in [0.3, 0.4) is 0 Å². The van der Waals surface area contributed by atoms with Crippen molar-refractivity contribution in [2.24, 2.45) is 5.10 Å². The number of amides is 2. The Hall–Kier alpha value is -2.74. The molecule has 1 heterocycles. The summed E-state index contributed by atoms with van der Waals surface area (Å²) in [5.74, 6) is -0.142. The summed E-state index contributed by atoms with van der Waals surface area (Å²) in [6.07, 6.45) is 0.710. The minimum absolute atomic E-state index is 0.142. The molecule has 114 valence electrons. The van der Waals surface area contributed by atoms with Crippen molar-refractivity contribution in [2.45, 2.75) is 6.92 Å². The molecule has 0 radical (unpaired) electrons. The summed E-state index contributed by atoms with van der Waals surface area (Å²) in [5, 5.41) is 5.95. The molecule has 1 aromatic carbocycles. The summed E-state index contributed by atoms with van der Waals surface area (Å²) in [4.78, 5) is 28.6. The molecule has 2 amide bonds. The van der Waals surface area contributed by atoms with Gasteiger partial charge < -0.3 is 4.74 Å². The second-order valence-corrected chi connectivity index (χ2v) is 4.94. The Bertz CT molecular complexity index is 684. The molecule has 0 saturated heterocycles. The largest absolute Gasteiger partial charge is 0.452 e. The number of carbonyl (C=O) groups excluding carboxylic acids is 2. The third kappa shape index (κ3) is 3.89. The molecule has 0 atom stereocenters. The quantitative estimate of drug-likeness (QED) is 0.693. The van der Waals surface area contributed by atoms with E-state index in [1.54, 1.807) is 5.38 Å². The van der Waals surface area contributed by atoms with Crippen molar-refractivity contribution in [3.05, 3.63) is 41.4 Å². The lowest BCUT2D eigenvalue weighted by atomic mass is 10.3. The molecule has 1 N–H and O–H groups in total. The van der Waals surface area contributed by atoms with Gasteiger partial charge in [0.15, 0.2) is 5.13 Å². The number of hydrazone groups is 1. The van der Waals surface area contributed by atoms with Crippen LogP contribution < -0.4 is 10.3 Å². The van der Waals surface area contributed by atoms with E-state index >= 15 is 0 Å². The third-order valence-electron chi connectivity index (χ3n) is 2.57. The molecule has 0 spiro atoms. The van der Waals surface area contributed by atoms with Gasteiger partial charge in [-0.1, -0.05) is 18.2 Å². The van der Waals surface area contributed by atoms with Crippen LogP contribution in [-0.2, 0) is 9.53 Å². The molecule has 0 aliphatic carbocycles. The molecule has 0 aliphatic heterocycles. The van der Waals surface area contributed by atoms with Crippen molar-refractivity contribution in [3.63, 3.8) is 0 Å². The average Bonchev–Trinajstić information content (AvgIpc) is 2.96. The standard InChI is InChI=1S/C14H14N4O3S/c1-10(19)18(12-6-4-3-5-7-12)13-16-11(9-22-13)8-15-17-14(20)21-2/h3-9H,1-2H3,(H,17,20)/b15-8-. The van der Waals surface area contributed by atoms with E-state index in [1.807, 2.05) is 30.3 Å². The number of hydrogen-bond acceptors (Lipinski definition) is 6. The molecule has 0 fully saturated rings. The van der Waals surface area contributed by atoms with Gasteiger partial charge in [0.05, 0.1) is 24.7 Å². The molecule has 0 unspecified atom stereocenters. The zero-order valence-electron chi connectivity index (χ0n) is 12.0. The minimum atomic E-state index is -0.665. The van der Waals surface area contributed by atoms with Gasteiger partial charge in [-0.3, -0.25) is 9.69 Å². The first-order valence-corrected chi connectivity index (χ1v) is 7.18. The van der Waals surface area contributed by atoms with E-state index < -0.39 is 6.09 Å². The molecule has 1 aromatic heterocycles.